The van der Waals surface area contributed by atoms with E-state index in [0.29, 0.717) is 5.82 Å². The van der Waals surface area contributed by atoms with Crippen LogP contribution in [0.1, 0.15) is 19.8 Å². The lowest BCUT2D eigenvalue weighted by molar-refractivity contribution is 0.304. The second-order valence-electron chi connectivity index (χ2n) is 4.63. The van der Waals surface area contributed by atoms with Gasteiger partial charge in [0.2, 0.25) is 5.82 Å². The molecule has 7 nitrogen and oxygen atoms in total. The van der Waals surface area contributed by atoms with Crippen molar-refractivity contribution in [2.24, 2.45) is 0 Å². The lowest BCUT2D eigenvalue weighted by atomic mass is 9.90. The van der Waals surface area contributed by atoms with Crippen molar-refractivity contribution < 1.29 is 0 Å². The zero-order valence-corrected chi connectivity index (χ0v) is 10.0. The van der Waals surface area contributed by atoms with Crippen molar-refractivity contribution in [2.45, 2.75) is 25.3 Å². The van der Waals surface area contributed by atoms with Gasteiger partial charge < -0.3 is 10.2 Å². The second kappa shape index (κ2) is 4.33. The summed E-state index contributed by atoms with van der Waals surface area (Å²) in [7, 11) is 1.95. The molecule has 17 heavy (non-hydrogen) atoms. The van der Waals surface area contributed by atoms with Gasteiger partial charge in [0.15, 0.2) is 0 Å². The van der Waals surface area contributed by atoms with Gasteiger partial charge in [-0.3, -0.25) is 9.78 Å². The average Bonchev–Trinajstić information content (AvgIpc) is 2.31. The molecule has 0 unspecified atom stereocenters. The van der Waals surface area contributed by atoms with E-state index in [1.54, 1.807) is 0 Å². The first kappa shape index (κ1) is 11.8. The number of hydrogen-bond donors (Lipinski definition) is 3. The lowest BCUT2D eigenvalue weighted by Gasteiger charge is -2.39. The Morgan fingerprint density at radius 3 is 2.53 bits per heavy atom. The van der Waals surface area contributed by atoms with Crippen molar-refractivity contribution in [2.75, 3.05) is 25.0 Å². The van der Waals surface area contributed by atoms with Crippen LogP contribution in [-0.4, -0.2) is 40.9 Å². The highest BCUT2D eigenvalue weighted by atomic mass is 16.2. The van der Waals surface area contributed by atoms with Gasteiger partial charge in [0, 0.05) is 18.6 Å². The number of aromatic nitrogens is 3. The molecular formula is C10H17N5O2. The van der Waals surface area contributed by atoms with Crippen LogP contribution in [0.15, 0.2) is 9.59 Å². The van der Waals surface area contributed by atoms with Crippen LogP contribution >= 0.6 is 0 Å². The Balaban J connectivity index is 2.16. The zero-order valence-electron chi connectivity index (χ0n) is 10.0. The van der Waals surface area contributed by atoms with E-state index in [-0.39, 0.29) is 5.54 Å². The molecule has 1 saturated heterocycles. The third-order valence-corrected chi connectivity index (χ3v) is 3.46. The summed E-state index contributed by atoms with van der Waals surface area (Å²) in [6.45, 7) is 3.66. The number of nitrogens with one attached hydrogen (secondary N) is 3. The molecule has 1 fully saturated rings. The highest BCUT2D eigenvalue weighted by Gasteiger charge is 2.29. The highest BCUT2D eigenvalue weighted by Crippen LogP contribution is 2.22. The first-order valence-electron chi connectivity index (χ1n) is 5.67. The third kappa shape index (κ3) is 2.38. The smallest absolute Gasteiger partial charge is 0.342 e. The Kier molecular flexibility index (Phi) is 3.01. The average molecular weight is 239 g/mol. The van der Waals surface area contributed by atoms with Crippen LogP contribution in [0.5, 0.6) is 0 Å². The van der Waals surface area contributed by atoms with Crippen LogP contribution in [0.2, 0.25) is 0 Å². The van der Waals surface area contributed by atoms with E-state index in [1.807, 2.05) is 11.9 Å². The van der Waals surface area contributed by atoms with Gasteiger partial charge in [-0.15, -0.1) is 5.10 Å². The molecule has 1 aromatic rings. The van der Waals surface area contributed by atoms with E-state index in [0.717, 1.165) is 25.9 Å². The molecule has 1 aliphatic rings. The number of H-pyrrole nitrogens is 2. The predicted octanol–water partition coefficient (Wildman–Crippen LogP) is -0.963. The van der Waals surface area contributed by atoms with Crippen molar-refractivity contribution in [3.05, 3.63) is 20.8 Å². The van der Waals surface area contributed by atoms with Gasteiger partial charge >= 0.3 is 5.69 Å². The van der Waals surface area contributed by atoms with Crippen LogP contribution in [-0.2, 0) is 0 Å². The number of anilines is 1. The second-order valence-corrected chi connectivity index (χ2v) is 4.63. The molecule has 94 valence electrons. The minimum Gasteiger partial charge on any atom is -0.350 e. The zero-order chi connectivity index (χ0) is 12.5. The van der Waals surface area contributed by atoms with Gasteiger partial charge in [0.25, 0.3) is 5.56 Å². The van der Waals surface area contributed by atoms with Crippen molar-refractivity contribution in [3.63, 3.8) is 0 Å². The Hall–Kier alpha value is -1.63. The summed E-state index contributed by atoms with van der Waals surface area (Å²) in [5.74, 6) is 0.294. The van der Waals surface area contributed by atoms with E-state index in [2.05, 4.69) is 27.4 Å². The molecule has 0 spiro atoms. The van der Waals surface area contributed by atoms with Crippen LogP contribution in [0.4, 0.5) is 5.82 Å². The molecule has 2 heterocycles. The van der Waals surface area contributed by atoms with Gasteiger partial charge in [-0.05, 0) is 26.8 Å². The maximum atomic E-state index is 11.6. The summed E-state index contributed by atoms with van der Waals surface area (Å²) in [6.07, 6.45) is 1.87. The number of nitrogens with zero attached hydrogens (tertiary/aromatic N) is 2. The molecular weight excluding hydrogens is 222 g/mol. The molecule has 0 aliphatic carbocycles. The van der Waals surface area contributed by atoms with Crippen molar-refractivity contribution in [1.29, 1.82) is 0 Å². The fourth-order valence-corrected chi connectivity index (χ4v) is 2.02. The van der Waals surface area contributed by atoms with Gasteiger partial charge in [0.1, 0.15) is 0 Å². The van der Waals surface area contributed by atoms with E-state index in [1.165, 1.54) is 0 Å². The minimum atomic E-state index is -0.573. The largest absolute Gasteiger partial charge is 0.350 e. The highest BCUT2D eigenvalue weighted by molar-refractivity contribution is 5.35. The molecule has 1 aliphatic heterocycles. The molecule has 0 amide bonds. The molecule has 2 rings (SSSR count). The maximum absolute atomic E-state index is 11.6. The fourth-order valence-electron chi connectivity index (χ4n) is 2.02. The van der Waals surface area contributed by atoms with Crippen molar-refractivity contribution >= 4 is 5.82 Å². The summed E-state index contributed by atoms with van der Waals surface area (Å²) in [5, 5.41) is 9.34. The third-order valence-electron chi connectivity index (χ3n) is 3.46. The van der Waals surface area contributed by atoms with E-state index in [4.69, 9.17) is 0 Å². The summed E-state index contributed by atoms with van der Waals surface area (Å²) >= 11 is 0. The fraction of sp³-hybridized carbons (Fsp3) is 0.700. The summed E-state index contributed by atoms with van der Waals surface area (Å²) in [5.41, 5.74) is -0.886. The minimum absolute atomic E-state index is 0.117. The summed E-state index contributed by atoms with van der Waals surface area (Å²) in [4.78, 5) is 26.5. The normalized spacial score (nSPS) is 19.3. The lowest BCUT2D eigenvalue weighted by Crippen LogP contribution is -2.51. The quantitative estimate of drug-likeness (QED) is 0.618. The predicted molar refractivity (Wildman–Crippen MR) is 64.4 cm³/mol. The standard InChI is InChI=1S/C10H17N5O2/c1-10(11-2)3-5-15(6-4-10)7-8(16)12-9(17)14-13-7/h11H,3-6H2,1-2H3,(H2,12,14,16,17). The Morgan fingerprint density at radius 2 is 2.00 bits per heavy atom. The van der Waals surface area contributed by atoms with Crippen LogP contribution < -0.4 is 21.5 Å². The number of aromatic amines is 2. The van der Waals surface area contributed by atoms with Crippen LogP contribution in [0.25, 0.3) is 0 Å². The van der Waals surface area contributed by atoms with E-state index in [9.17, 15) is 9.59 Å². The molecule has 7 heteroatoms. The first-order valence-corrected chi connectivity index (χ1v) is 5.67. The molecule has 0 bridgehead atoms. The molecule has 0 aromatic carbocycles. The van der Waals surface area contributed by atoms with E-state index >= 15 is 0 Å². The molecule has 3 N–H and O–H groups in total. The number of rotatable bonds is 2. The molecule has 0 saturated carbocycles. The van der Waals surface area contributed by atoms with E-state index < -0.39 is 11.2 Å². The van der Waals surface area contributed by atoms with Crippen molar-refractivity contribution in [3.8, 4) is 0 Å². The topological polar surface area (TPSA) is 93.9 Å². The molecule has 1 aromatic heterocycles. The number of piperidine rings is 1. The van der Waals surface area contributed by atoms with Gasteiger partial charge in [-0.25, -0.2) is 9.89 Å². The van der Waals surface area contributed by atoms with Crippen LogP contribution in [0.3, 0.4) is 0 Å². The van der Waals surface area contributed by atoms with Gasteiger partial charge in [-0.1, -0.05) is 0 Å². The Bertz CT molecular complexity index is 498. The Morgan fingerprint density at radius 1 is 1.35 bits per heavy atom. The number of hydrogen-bond acceptors (Lipinski definition) is 5. The van der Waals surface area contributed by atoms with Gasteiger partial charge in [-0.2, -0.15) is 0 Å². The molecule has 0 radical (unpaired) electrons. The molecule has 0 atom stereocenters. The monoisotopic (exact) mass is 239 g/mol. The summed E-state index contributed by atoms with van der Waals surface area (Å²) < 4.78 is 0. The SMILES string of the molecule is CNC1(C)CCN(c2n[nH]c(=O)[nH]c2=O)CC1. The van der Waals surface area contributed by atoms with Crippen molar-refractivity contribution in [1.82, 2.24) is 20.5 Å². The van der Waals surface area contributed by atoms with Gasteiger partial charge in [0.05, 0.1) is 0 Å². The Labute approximate surface area is 98.2 Å². The first-order chi connectivity index (χ1) is 8.04. The maximum Gasteiger partial charge on any atom is 0.342 e. The van der Waals surface area contributed by atoms with Crippen LogP contribution in [0, 0.1) is 0 Å². The summed E-state index contributed by atoms with van der Waals surface area (Å²) in [6, 6.07) is 0.